The van der Waals surface area contributed by atoms with Crippen LogP contribution in [0.2, 0.25) is 0 Å². The summed E-state index contributed by atoms with van der Waals surface area (Å²) < 4.78 is 5.48. The number of carbonyl (C=O) groups excluding carboxylic acids is 2. The number of anilines is 2. The minimum Gasteiger partial charge on any atom is -0.378 e. The second-order valence-electron chi connectivity index (χ2n) is 10.2. The lowest BCUT2D eigenvalue weighted by Crippen LogP contribution is -2.44. The number of carbonyl (C=O) groups is 2. The summed E-state index contributed by atoms with van der Waals surface area (Å²) in [5.74, 6) is 0.650. The van der Waals surface area contributed by atoms with E-state index in [2.05, 4.69) is 46.4 Å². The number of hydrogen-bond donors (Lipinski definition) is 3. The second-order valence-corrected chi connectivity index (χ2v) is 10.2. The SMILES string of the molecule is O=CNC1CCCN(Cc2ccnc(C(=O)Nc3ccc(-c4cc5c(N6CCOCC6)ncnc5[nH]4)cc3)c2)C1. The summed E-state index contributed by atoms with van der Waals surface area (Å²) in [4.78, 5) is 44.9. The lowest BCUT2D eigenvalue weighted by molar-refractivity contribution is -0.110. The van der Waals surface area contributed by atoms with Gasteiger partial charge >= 0.3 is 0 Å². The van der Waals surface area contributed by atoms with Crippen LogP contribution in [0, 0.1) is 0 Å². The van der Waals surface area contributed by atoms with E-state index in [1.165, 1.54) is 0 Å². The molecular formula is C29H32N8O3. The van der Waals surface area contributed by atoms with Crippen molar-refractivity contribution in [3.63, 3.8) is 0 Å². The number of benzene rings is 1. The predicted molar refractivity (Wildman–Crippen MR) is 152 cm³/mol. The maximum atomic E-state index is 13.0. The van der Waals surface area contributed by atoms with Crippen molar-refractivity contribution in [1.29, 1.82) is 0 Å². The topological polar surface area (TPSA) is 128 Å². The number of nitrogens with zero attached hydrogens (tertiary/aromatic N) is 5. The number of morpholine rings is 1. The van der Waals surface area contributed by atoms with Gasteiger partial charge in [0.05, 0.1) is 18.6 Å². The van der Waals surface area contributed by atoms with E-state index in [4.69, 9.17) is 4.74 Å². The Morgan fingerprint density at radius 1 is 1.07 bits per heavy atom. The van der Waals surface area contributed by atoms with Gasteiger partial charge < -0.3 is 25.3 Å². The molecule has 3 N–H and O–H groups in total. The fourth-order valence-corrected chi connectivity index (χ4v) is 5.42. The van der Waals surface area contributed by atoms with Crippen molar-refractivity contribution >= 4 is 34.9 Å². The van der Waals surface area contributed by atoms with E-state index in [1.807, 2.05) is 36.4 Å². The molecule has 1 aromatic carbocycles. The van der Waals surface area contributed by atoms with Gasteiger partial charge in [0.2, 0.25) is 6.41 Å². The summed E-state index contributed by atoms with van der Waals surface area (Å²) >= 11 is 0. The minimum absolute atomic E-state index is 0.169. The molecule has 5 heterocycles. The Balaban J connectivity index is 1.12. The molecule has 1 unspecified atom stereocenters. The third-order valence-corrected chi connectivity index (χ3v) is 7.44. The molecule has 0 spiro atoms. The van der Waals surface area contributed by atoms with E-state index in [9.17, 15) is 9.59 Å². The fourth-order valence-electron chi connectivity index (χ4n) is 5.42. The summed E-state index contributed by atoms with van der Waals surface area (Å²) in [6.45, 7) is 5.45. The Morgan fingerprint density at radius 3 is 2.75 bits per heavy atom. The first-order chi connectivity index (χ1) is 19.7. The highest BCUT2D eigenvalue weighted by Crippen LogP contribution is 2.29. The van der Waals surface area contributed by atoms with E-state index in [0.717, 1.165) is 79.1 Å². The van der Waals surface area contributed by atoms with Crippen molar-refractivity contribution in [2.24, 2.45) is 0 Å². The van der Waals surface area contributed by atoms with Gasteiger partial charge in [0.1, 0.15) is 23.5 Å². The molecule has 0 bridgehead atoms. The summed E-state index contributed by atoms with van der Waals surface area (Å²) in [5, 5.41) is 6.81. The number of rotatable bonds is 8. The summed E-state index contributed by atoms with van der Waals surface area (Å²) in [6, 6.07) is 13.7. The summed E-state index contributed by atoms with van der Waals surface area (Å²) in [6.07, 6.45) is 6.04. The Labute approximate surface area is 232 Å². The average molecular weight is 541 g/mol. The van der Waals surface area contributed by atoms with Crippen molar-refractivity contribution < 1.29 is 14.3 Å². The van der Waals surface area contributed by atoms with E-state index in [-0.39, 0.29) is 11.9 Å². The van der Waals surface area contributed by atoms with E-state index in [0.29, 0.717) is 31.1 Å². The van der Waals surface area contributed by atoms with Gasteiger partial charge in [-0.25, -0.2) is 9.97 Å². The molecule has 2 aliphatic heterocycles. The number of H-pyrrole nitrogens is 1. The Kier molecular flexibility index (Phi) is 7.64. The normalized spacial score (nSPS) is 18.0. The van der Waals surface area contributed by atoms with Crippen molar-refractivity contribution in [2.75, 3.05) is 49.6 Å². The predicted octanol–water partition coefficient (Wildman–Crippen LogP) is 2.82. The number of aromatic amines is 1. The number of amides is 2. The van der Waals surface area contributed by atoms with Crippen molar-refractivity contribution in [3.8, 4) is 11.3 Å². The fraction of sp³-hybridized carbons (Fsp3) is 0.345. The highest BCUT2D eigenvalue weighted by Gasteiger charge is 2.20. The molecule has 0 radical (unpaired) electrons. The van der Waals surface area contributed by atoms with Crippen LogP contribution in [0.4, 0.5) is 11.5 Å². The van der Waals surface area contributed by atoms with Crippen LogP contribution < -0.4 is 15.5 Å². The molecule has 11 heteroatoms. The number of piperidine rings is 1. The molecule has 1 atom stereocenters. The van der Waals surface area contributed by atoms with Gasteiger partial charge in [-0.05, 0) is 60.8 Å². The highest BCUT2D eigenvalue weighted by molar-refractivity contribution is 6.03. The molecule has 2 fully saturated rings. The maximum absolute atomic E-state index is 13.0. The minimum atomic E-state index is -0.259. The standard InChI is InChI=1S/C29H32N8O3/c38-19-33-23-2-1-9-36(17-23)16-20-7-8-30-26(14-20)29(39)34-22-5-3-21(4-6-22)25-15-24-27(35-25)31-18-32-28(24)37-10-12-40-13-11-37/h3-8,14-15,18-19,23H,1-2,9-13,16-17H2,(H,33,38)(H,34,39)(H,31,32,35). The van der Waals surface area contributed by atoms with Gasteiger partial charge in [-0.3, -0.25) is 19.5 Å². The smallest absolute Gasteiger partial charge is 0.274 e. The van der Waals surface area contributed by atoms with Crippen LogP contribution in [0.3, 0.4) is 0 Å². The Bertz CT molecular complexity index is 1480. The van der Waals surface area contributed by atoms with Crippen molar-refractivity contribution in [1.82, 2.24) is 30.2 Å². The van der Waals surface area contributed by atoms with Crippen LogP contribution in [0.1, 0.15) is 28.9 Å². The van der Waals surface area contributed by atoms with Crippen LogP contribution in [0.25, 0.3) is 22.3 Å². The number of likely N-dealkylation sites (tertiary alicyclic amines) is 1. The maximum Gasteiger partial charge on any atom is 0.274 e. The number of hydrogen-bond acceptors (Lipinski definition) is 8. The molecule has 40 heavy (non-hydrogen) atoms. The first-order valence-electron chi connectivity index (χ1n) is 13.6. The van der Waals surface area contributed by atoms with Crippen molar-refractivity contribution in [2.45, 2.75) is 25.4 Å². The molecule has 6 rings (SSSR count). The number of aromatic nitrogens is 4. The molecule has 2 aliphatic rings. The zero-order chi connectivity index (χ0) is 27.3. The van der Waals surface area contributed by atoms with E-state index < -0.39 is 0 Å². The highest BCUT2D eigenvalue weighted by atomic mass is 16.5. The zero-order valence-corrected chi connectivity index (χ0v) is 22.2. The lowest BCUT2D eigenvalue weighted by atomic mass is 10.1. The van der Waals surface area contributed by atoms with Crippen LogP contribution in [-0.2, 0) is 16.1 Å². The molecule has 3 aromatic heterocycles. The molecule has 4 aromatic rings. The Hall–Kier alpha value is -4.35. The van der Waals surface area contributed by atoms with Crippen LogP contribution in [-0.4, -0.2) is 82.6 Å². The Morgan fingerprint density at radius 2 is 1.93 bits per heavy atom. The van der Waals surface area contributed by atoms with Gasteiger partial charge in [0, 0.05) is 49.8 Å². The largest absolute Gasteiger partial charge is 0.378 e. The van der Waals surface area contributed by atoms with E-state index >= 15 is 0 Å². The van der Waals surface area contributed by atoms with Gasteiger partial charge in [-0.2, -0.15) is 0 Å². The number of pyridine rings is 1. The van der Waals surface area contributed by atoms with Gasteiger partial charge in [0.25, 0.3) is 5.91 Å². The summed E-state index contributed by atoms with van der Waals surface area (Å²) in [5.41, 5.74) is 4.76. The number of ether oxygens (including phenoxy) is 1. The van der Waals surface area contributed by atoms with Gasteiger partial charge in [0.15, 0.2) is 0 Å². The molecule has 0 saturated carbocycles. The first-order valence-corrected chi connectivity index (χ1v) is 13.6. The van der Waals surface area contributed by atoms with Gasteiger partial charge in [-0.1, -0.05) is 12.1 Å². The monoisotopic (exact) mass is 540 g/mol. The van der Waals surface area contributed by atoms with E-state index in [1.54, 1.807) is 12.5 Å². The average Bonchev–Trinajstić information content (AvgIpc) is 3.43. The lowest BCUT2D eigenvalue weighted by Gasteiger charge is -2.32. The van der Waals surface area contributed by atoms with Crippen LogP contribution in [0.15, 0.2) is 55.0 Å². The third kappa shape index (κ3) is 5.80. The molecule has 2 saturated heterocycles. The molecule has 11 nitrogen and oxygen atoms in total. The summed E-state index contributed by atoms with van der Waals surface area (Å²) in [7, 11) is 0. The van der Waals surface area contributed by atoms with Crippen molar-refractivity contribution in [3.05, 3.63) is 66.2 Å². The molecular weight excluding hydrogens is 508 g/mol. The first kappa shape index (κ1) is 25.9. The number of nitrogens with one attached hydrogen (secondary N) is 3. The molecule has 0 aliphatic carbocycles. The molecule has 206 valence electrons. The van der Waals surface area contributed by atoms with Crippen LogP contribution in [0.5, 0.6) is 0 Å². The number of fused-ring (bicyclic) bond motifs is 1. The van der Waals surface area contributed by atoms with Crippen LogP contribution >= 0.6 is 0 Å². The van der Waals surface area contributed by atoms with Gasteiger partial charge in [-0.15, -0.1) is 0 Å². The molecule has 2 amide bonds. The second kappa shape index (κ2) is 11.8. The quantitative estimate of drug-likeness (QED) is 0.291. The zero-order valence-electron chi connectivity index (χ0n) is 22.2. The third-order valence-electron chi connectivity index (χ3n) is 7.44.